The third-order valence-electron chi connectivity index (χ3n) is 5.06. The van der Waals surface area contributed by atoms with Crippen molar-refractivity contribution < 1.29 is 14.9 Å². The van der Waals surface area contributed by atoms with Gasteiger partial charge in [-0.3, -0.25) is 0 Å². The Labute approximate surface area is 150 Å². The Morgan fingerprint density at radius 1 is 1.00 bits per heavy atom. The van der Waals surface area contributed by atoms with Crippen LogP contribution in [0.4, 0.5) is 0 Å². The molecule has 3 rings (SSSR count). The Balaban J connectivity index is 1.44. The molecule has 3 heteroatoms. The summed E-state index contributed by atoms with van der Waals surface area (Å²) in [6, 6.07) is 16.1. The molecule has 1 saturated carbocycles. The number of aryl methyl sites for hydroxylation is 1. The van der Waals surface area contributed by atoms with Gasteiger partial charge >= 0.3 is 0 Å². The second-order valence-electron chi connectivity index (χ2n) is 7.03. The van der Waals surface area contributed by atoms with E-state index in [1.54, 1.807) is 6.07 Å². The molecule has 134 valence electrons. The number of benzene rings is 2. The minimum absolute atomic E-state index is 0.237. The van der Waals surface area contributed by atoms with Crippen LogP contribution < -0.4 is 4.74 Å². The number of phenolic OH excluding ortho intramolecular Hbond substituents is 1. The van der Waals surface area contributed by atoms with Crippen molar-refractivity contribution in [3.63, 3.8) is 0 Å². The van der Waals surface area contributed by atoms with Crippen LogP contribution in [0.3, 0.4) is 0 Å². The van der Waals surface area contributed by atoms with Gasteiger partial charge < -0.3 is 14.9 Å². The first-order valence-corrected chi connectivity index (χ1v) is 9.40. The van der Waals surface area contributed by atoms with Crippen LogP contribution in [0.25, 0.3) is 0 Å². The van der Waals surface area contributed by atoms with E-state index < -0.39 is 0 Å². The van der Waals surface area contributed by atoms with Crippen LogP contribution in [-0.2, 0) is 6.42 Å². The van der Waals surface area contributed by atoms with Crippen molar-refractivity contribution in [1.82, 2.24) is 0 Å². The second-order valence-corrected chi connectivity index (χ2v) is 7.03. The summed E-state index contributed by atoms with van der Waals surface area (Å²) in [7, 11) is 0. The van der Waals surface area contributed by atoms with Crippen LogP contribution >= 0.6 is 0 Å². The second kappa shape index (κ2) is 8.91. The van der Waals surface area contributed by atoms with E-state index in [0.717, 1.165) is 56.3 Å². The number of aliphatic hydroxyl groups is 1. The smallest absolute Gasteiger partial charge is 0.122 e. The number of ether oxygens (including phenoxy) is 1. The number of aliphatic hydroxyl groups excluding tert-OH is 1. The van der Waals surface area contributed by atoms with Gasteiger partial charge in [0.25, 0.3) is 0 Å². The Bertz CT molecular complexity index is 654. The molecule has 2 unspecified atom stereocenters. The topological polar surface area (TPSA) is 49.7 Å². The quantitative estimate of drug-likeness (QED) is 0.711. The molecular weight excluding hydrogens is 312 g/mol. The van der Waals surface area contributed by atoms with Gasteiger partial charge in [0.1, 0.15) is 11.5 Å². The third kappa shape index (κ3) is 5.23. The molecular formula is C22H28O3. The first-order valence-electron chi connectivity index (χ1n) is 9.40. The molecule has 0 spiro atoms. The number of aromatic hydroxyl groups is 1. The normalized spacial score (nSPS) is 20.4. The summed E-state index contributed by atoms with van der Waals surface area (Å²) >= 11 is 0. The molecule has 0 aliphatic heterocycles. The number of hydrogen-bond donors (Lipinski definition) is 2. The Hall–Kier alpha value is -2.00. The highest BCUT2D eigenvalue weighted by Crippen LogP contribution is 2.38. The molecule has 2 aromatic carbocycles. The van der Waals surface area contributed by atoms with Gasteiger partial charge in [0.2, 0.25) is 0 Å². The maximum atomic E-state index is 10.3. The highest BCUT2D eigenvalue weighted by Gasteiger charge is 2.23. The first-order chi connectivity index (χ1) is 12.2. The van der Waals surface area contributed by atoms with E-state index in [4.69, 9.17) is 4.74 Å². The molecule has 0 saturated heterocycles. The summed E-state index contributed by atoms with van der Waals surface area (Å²) < 4.78 is 5.78. The highest BCUT2D eigenvalue weighted by molar-refractivity contribution is 5.42. The Morgan fingerprint density at radius 3 is 2.60 bits per heavy atom. The van der Waals surface area contributed by atoms with Crippen molar-refractivity contribution in [3.05, 3.63) is 59.7 Å². The lowest BCUT2D eigenvalue weighted by Crippen LogP contribution is -2.18. The number of unbranched alkanes of at least 4 members (excludes halogenated alkanes) is 1. The van der Waals surface area contributed by atoms with E-state index in [1.165, 1.54) is 5.56 Å². The average molecular weight is 340 g/mol. The van der Waals surface area contributed by atoms with Crippen molar-refractivity contribution in [2.45, 2.75) is 57.0 Å². The molecule has 2 atom stereocenters. The SMILES string of the molecule is Oc1cc(OCCCCc2ccccc2)ccc1C1CCCC(O)C1. The van der Waals surface area contributed by atoms with Gasteiger partial charge in [-0.25, -0.2) is 0 Å². The average Bonchev–Trinajstić information content (AvgIpc) is 2.62. The van der Waals surface area contributed by atoms with E-state index in [0.29, 0.717) is 12.4 Å². The van der Waals surface area contributed by atoms with Gasteiger partial charge in [-0.05, 0) is 61.6 Å². The number of hydrogen-bond acceptors (Lipinski definition) is 3. The summed E-state index contributed by atoms with van der Waals surface area (Å²) in [4.78, 5) is 0. The van der Waals surface area contributed by atoms with E-state index in [9.17, 15) is 10.2 Å². The monoisotopic (exact) mass is 340 g/mol. The van der Waals surface area contributed by atoms with E-state index in [-0.39, 0.29) is 12.0 Å². The predicted octanol–water partition coefficient (Wildman–Crippen LogP) is 4.81. The zero-order valence-corrected chi connectivity index (χ0v) is 14.7. The molecule has 0 aromatic heterocycles. The van der Waals surface area contributed by atoms with Crippen molar-refractivity contribution in [1.29, 1.82) is 0 Å². The van der Waals surface area contributed by atoms with Crippen molar-refractivity contribution in [2.24, 2.45) is 0 Å². The van der Waals surface area contributed by atoms with Gasteiger partial charge in [0.15, 0.2) is 0 Å². The fourth-order valence-corrected chi connectivity index (χ4v) is 3.67. The summed E-state index contributed by atoms with van der Waals surface area (Å²) in [5.41, 5.74) is 2.30. The van der Waals surface area contributed by atoms with E-state index >= 15 is 0 Å². The van der Waals surface area contributed by atoms with Crippen LogP contribution in [0.2, 0.25) is 0 Å². The van der Waals surface area contributed by atoms with Gasteiger partial charge in [-0.15, -0.1) is 0 Å². The van der Waals surface area contributed by atoms with Crippen molar-refractivity contribution in [3.8, 4) is 11.5 Å². The molecule has 2 aromatic rings. The molecule has 3 nitrogen and oxygen atoms in total. The van der Waals surface area contributed by atoms with Gasteiger partial charge in [0.05, 0.1) is 12.7 Å². The van der Waals surface area contributed by atoms with Crippen LogP contribution in [0.15, 0.2) is 48.5 Å². The molecule has 1 aliphatic carbocycles. The zero-order chi connectivity index (χ0) is 17.5. The first kappa shape index (κ1) is 17.8. The summed E-state index contributed by atoms with van der Waals surface area (Å²) in [5.74, 6) is 1.27. The van der Waals surface area contributed by atoms with Crippen LogP contribution in [0, 0.1) is 0 Å². The largest absolute Gasteiger partial charge is 0.508 e. The minimum Gasteiger partial charge on any atom is -0.508 e. The van der Waals surface area contributed by atoms with Gasteiger partial charge in [-0.2, -0.15) is 0 Å². The fourth-order valence-electron chi connectivity index (χ4n) is 3.67. The molecule has 0 heterocycles. The maximum absolute atomic E-state index is 10.3. The molecule has 0 bridgehead atoms. The van der Waals surface area contributed by atoms with Gasteiger partial charge in [-0.1, -0.05) is 42.8 Å². The zero-order valence-electron chi connectivity index (χ0n) is 14.7. The van der Waals surface area contributed by atoms with Crippen LogP contribution in [0.1, 0.15) is 55.6 Å². The fraction of sp³-hybridized carbons (Fsp3) is 0.455. The Morgan fingerprint density at radius 2 is 1.84 bits per heavy atom. The summed E-state index contributed by atoms with van der Waals surface area (Å²) in [6.07, 6.45) is 6.58. The molecule has 0 radical (unpaired) electrons. The molecule has 25 heavy (non-hydrogen) atoms. The predicted molar refractivity (Wildman–Crippen MR) is 100 cm³/mol. The lowest BCUT2D eigenvalue weighted by molar-refractivity contribution is 0.119. The highest BCUT2D eigenvalue weighted by atomic mass is 16.5. The van der Waals surface area contributed by atoms with Crippen molar-refractivity contribution >= 4 is 0 Å². The maximum Gasteiger partial charge on any atom is 0.122 e. The third-order valence-corrected chi connectivity index (χ3v) is 5.06. The van der Waals surface area contributed by atoms with Crippen LogP contribution in [-0.4, -0.2) is 22.9 Å². The van der Waals surface area contributed by atoms with E-state index in [1.807, 2.05) is 18.2 Å². The lowest BCUT2D eigenvalue weighted by Gasteiger charge is -2.26. The van der Waals surface area contributed by atoms with E-state index in [2.05, 4.69) is 24.3 Å². The number of phenols is 1. The minimum atomic E-state index is -0.237. The summed E-state index contributed by atoms with van der Waals surface area (Å²) in [5, 5.41) is 20.1. The summed E-state index contributed by atoms with van der Waals surface area (Å²) in [6.45, 7) is 0.660. The lowest BCUT2D eigenvalue weighted by atomic mass is 9.82. The molecule has 1 aliphatic rings. The van der Waals surface area contributed by atoms with Gasteiger partial charge in [0, 0.05) is 6.07 Å². The Kier molecular flexibility index (Phi) is 6.35. The number of rotatable bonds is 7. The van der Waals surface area contributed by atoms with Crippen LogP contribution in [0.5, 0.6) is 11.5 Å². The molecule has 0 amide bonds. The molecule has 2 N–H and O–H groups in total. The van der Waals surface area contributed by atoms with Crippen molar-refractivity contribution in [2.75, 3.05) is 6.61 Å². The molecule has 1 fully saturated rings. The standard InChI is InChI=1S/C22H28O3/c23-19-11-6-10-18(15-19)21-13-12-20(16-22(21)24)25-14-5-4-9-17-7-2-1-3-8-17/h1-3,7-8,12-13,16,18-19,23-24H,4-6,9-11,14-15H2.